The van der Waals surface area contributed by atoms with Crippen molar-refractivity contribution in [2.45, 2.75) is 25.7 Å². The average Bonchev–Trinajstić information content (AvgIpc) is 2.94. The van der Waals surface area contributed by atoms with Crippen molar-refractivity contribution in [3.8, 4) is 0 Å². The largest absolute Gasteiger partial charge is 0.445 e. The van der Waals surface area contributed by atoms with Gasteiger partial charge in [-0.05, 0) is 26.6 Å². The molecule has 0 amide bonds. The molecule has 1 unspecified atom stereocenters. The third kappa shape index (κ3) is 2.62. The summed E-state index contributed by atoms with van der Waals surface area (Å²) in [7, 11) is 1.95. The third-order valence-corrected chi connectivity index (χ3v) is 3.26. The second kappa shape index (κ2) is 5.46. The van der Waals surface area contributed by atoms with Gasteiger partial charge in [0, 0.05) is 25.4 Å². The topological polar surface area (TPSA) is 41.3 Å². The van der Waals surface area contributed by atoms with Crippen molar-refractivity contribution in [3.05, 3.63) is 17.8 Å². The van der Waals surface area contributed by atoms with Crippen molar-refractivity contribution < 1.29 is 4.42 Å². The highest BCUT2D eigenvalue weighted by Crippen LogP contribution is 2.26. The molecule has 0 saturated carbocycles. The normalized spacial score (nSPS) is 21.8. The van der Waals surface area contributed by atoms with Crippen molar-refractivity contribution in [1.29, 1.82) is 0 Å². The predicted molar refractivity (Wildman–Crippen MR) is 63.6 cm³/mol. The van der Waals surface area contributed by atoms with E-state index in [2.05, 4.69) is 22.1 Å². The standard InChI is InChI=1S/C12H21N3O/c1-3-15-7-5-10(9-15)12-14-8-11(16-12)4-6-13-2/h8,10,13H,3-7,9H2,1-2H3. The number of nitrogens with one attached hydrogen (secondary N) is 1. The number of hydrogen-bond acceptors (Lipinski definition) is 4. The first-order chi connectivity index (χ1) is 7.83. The second-order valence-electron chi connectivity index (χ2n) is 4.40. The Bertz CT molecular complexity index is 324. The van der Waals surface area contributed by atoms with Crippen LogP contribution in [0.4, 0.5) is 0 Å². The van der Waals surface area contributed by atoms with Crippen LogP contribution in [0.5, 0.6) is 0 Å². The van der Waals surface area contributed by atoms with Crippen LogP contribution in [-0.2, 0) is 6.42 Å². The Morgan fingerprint density at radius 3 is 3.19 bits per heavy atom. The van der Waals surface area contributed by atoms with Gasteiger partial charge in [0.25, 0.3) is 0 Å². The van der Waals surface area contributed by atoms with Crippen LogP contribution in [0.1, 0.15) is 30.9 Å². The van der Waals surface area contributed by atoms with Gasteiger partial charge in [-0.3, -0.25) is 0 Å². The van der Waals surface area contributed by atoms with E-state index in [9.17, 15) is 0 Å². The zero-order valence-corrected chi connectivity index (χ0v) is 10.2. The summed E-state index contributed by atoms with van der Waals surface area (Å²) >= 11 is 0. The summed E-state index contributed by atoms with van der Waals surface area (Å²) in [5.41, 5.74) is 0. The summed E-state index contributed by atoms with van der Waals surface area (Å²) in [5, 5.41) is 3.12. The Hall–Kier alpha value is -0.870. The van der Waals surface area contributed by atoms with Crippen LogP contribution < -0.4 is 5.32 Å². The van der Waals surface area contributed by atoms with Gasteiger partial charge in [-0.1, -0.05) is 6.92 Å². The van der Waals surface area contributed by atoms with Crippen molar-refractivity contribution in [2.24, 2.45) is 0 Å². The van der Waals surface area contributed by atoms with Gasteiger partial charge in [0.15, 0.2) is 5.89 Å². The average molecular weight is 223 g/mol. The second-order valence-corrected chi connectivity index (χ2v) is 4.40. The lowest BCUT2D eigenvalue weighted by Gasteiger charge is -2.10. The van der Waals surface area contributed by atoms with Gasteiger partial charge in [-0.2, -0.15) is 0 Å². The molecule has 16 heavy (non-hydrogen) atoms. The lowest BCUT2D eigenvalue weighted by molar-refractivity contribution is 0.342. The molecule has 1 fully saturated rings. The molecule has 1 aliphatic heterocycles. The van der Waals surface area contributed by atoms with Crippen molar-refractivity contribution >= 4 is 0 Å². The summed E-state index contributed by atoms with van der Waals surface area (Å²) in [5.74, 6) is 2.43. The monoisotopic (exact) mass is 223 g/mol. The van der Waals surface area contributed by atoms with E-state index in [0.717, 1.165) is 37.7 Å². The third-order valence-electron chi connectivity index (χ3n) is 3.26. The van der Waals surface area contributed by atoms with Crippen molar-refractivity contribution in [3.63, 3.8) is 0 Å². The molecule has 90 valence electrons. The van der Waals surface area contributed by atoms with E-state index < -0.39 is 0 Å². The summed E-state index contributed by atoms with van der Waals surface area (Å²) in [6.07, 6.45) is 3.98. The molecule has 0 bridgehead atoms. The number of oxazole rings is 1. The van der Waals surface area contributed by atoms with Gasteiger partial charge >= 0.3 is 0 Å². The molecule has 0 spiro atoms. The van der Waals surface area contributed by atoms with Gasteiger partial charge in [0.2, 0.25) is 0 Å². The van der Waals surface area contributed by atoms with Crippen LogP contribution in [0.2, 0.25) is 0 Å². The number of likely N-dealkylation sites (tertiary alicyclic amines) is 1. The Morgan fingerprint density at radius 1 is 1.62 bits per heavy atom. The minimum atomic E-state index is 0.503. The van der Waals surface area contributed by atoms with E-state index in [1.165, 1.54) is 13.0 Å². The SMILES string of the molecule is CCN1CCC(c2ncc(CCNC)o2)C1. The zero-order chi connectivity index (χ0) is 11.4. The summed E-state index contributed by atoms with van der Waals surface area (Å²) in [6, 6.07) is 0. The van der Waals surface area contributed by atoms with E-state index in [1.807, 2.05) is 13.2 Å². The molecule has 4 heteroatoms. The molecule has 0 aromatic carbocycles. The molecule has 2 rings (SSSR count). The molecule has 0 aliphatic carbocycles. The first-order valence-electron chi connectivity index (χ1n) is 6.15. The maximum absolute atomic E-state index is 5.78. The number of hydrogen-bond donors (Lipinski definition) is 1. The molecular formula is C12H21N3O. The van der Waals surface area contributed by atoms with Crippen molar-refractivity contribution in [1.82, 2.24) is 15.2 Å². The van der Waals surface area contributed by atoms with E-state index in [-0.39, 0.29) is 0 Å². The molecule has 1 aromatic rings. The number of likely N-dealkylation sites (N-methyl/N-ethyl adjacent to an activating group) is 2. The first kappa shape index (κ1) is 11.6. The van der Waals surface area contributed by atoms with Gasteiger partial charge in [-0.25, -0.2) is 4.98 Å². The minimum Gasteiger partial charge on any atom is -0.445 e. The van der Waals surface area contributed by atoms with Crippen LogP contribution in [0.3, 0.4) is 0 Å². The number of rotatable bonds is 5. The Morgan fingerprint density at radius 2 is 2.50 bits per heavy atom. The van der Waals surface area contributed by atoms with Gasteiger partial charge in [-0.15, -0.1) is 0 Å². The molecular weight excluding hydrogens is 202 g/mol. The van der Waals surface area contributed by atoms with E-state index in [1.54, 1.807) is 0 Å². The number of aromatic nitrogens is 1. The van der Waals surface area contributed by atoms with Crippen molar-refractivity contribution in [2.75, 3.05) is 33.2 Å². The lowest BCUT2D eigenvalue weighted by Crippen LogP contribution is -2.19. The molecule has 1 aliphatic rings. The lowest BCUT2D eigenvalue weighted by atomic mass is 10.1. The molecule has 1 N–H and O–H groups in total. The quantitative estimate of drug-likeness (QED) is 0.815. The fraction of sp³-hybridized carbons (Fsp3) is 0.750. The smallest absolute Gasteiger partial charge is 0.198 e. The Kier molecular flexibility index (Phi) is 3.96. The molecule has 1 aromatic heterocycles. The van der Waals surface area contributed by atoms with E-state index >= 15 is 0 Å². The molecule has 2 heterocycles. The van der Waals surface area contributed by atoms with Crippen LogP contribution in [0.15, 0.2) is 10.6 Å². The molecule has 4 nitrogen and oxygen atoms in total. The molecule has 1 atom stereocenters. The van der Waals surface area contributed by atoms with Crippen LogP contribution >= 0.6 is 0 Å². The summed E-state index contributed by atoms with van der Waals surface area (Å²) in [6.45, 7) is 6.55. The maximum atomic E-state index is 5.78. The number of nitrogens with zero attached hydrogens (tertiary/aromatic N) is 2. The minimum absolute atomic E-state index is 0.503. The Labute approximate surface area is 97.0 Å². The Balaban J connectivity index is 1.92. The predicted octanol–water partition coefficient (Wildman–Crippen LogP) is 1.25. The molecule has 0 radical (unpaired) electrons. The van der Waals surface area contributed by atoms with Gasteiger partial charge in [0.1, 0.15) is 5.76 Å². The fourth-order valence-corrected chi connectivity index (χ4v) is 2.20. The fourth-order valence-electron chi connectivity index (χ4n) is 2.20. The van der Waals surface area contributed by atoms with Crippen LogP contribution in [-0.4, -0.2) is 43.1 Å². The summed E-state index contributed by atoms with van der Waals surface area (Å²) in [4.78, 5) is 6.85. The first-order valence-corrected chi connectivity index (χ1v) is 6.15. The van der Waals surface area contributed by atoms with Gasteiger partial charge < -0.3 is 14.6 Å². The highest BCUT2D eigenvalue weighted by molar-refractivity contribution is 5.02. The van der Waals surface area contributed by atoms with E-state index in [4.69, 9.17) is 4.42 Å². The highest BCUT2D eigenvalue weighted by atomic mass is 16.4. The van der Waals surface area contributed by atoms with Crippen LogP contribution in [0, 0.1) is 0 Å². The zero-order valence-electron chi connectivity index (χ0n) is 10.2. The highest BCUT2D eigenvalue weighted by Gasteiger charge is 2.26. The summed E-state index contributed by atoms with van der Waals surface area (Å²) < 4.78 is 5.78. The molecule has 1 saturated heterocycles. The van der Waals surface area contributed by atoms with Crippen LogP contribution in [0.25, 0.3) is 0 Å². The maximum Gasteiger partial charge on any atom is 0.198 e. The van der Waals surface area contributed by atoms with E-state index in [0.29, 0.717) is 5.92 Å². The van der Waals surface area contributed by atoms with Gasteiger partial charge in [0.05, 0.1) is 6.20 Å².